The number of pyridine rings is 2. The van der Waals surface area contributed by atoms with Crippen LogP contribution in [-0.2, 0) is 0 Å². The van der Waals surface area contributed by atoms with Crippen LogP contribution in [0.3, 0.4) is 0 Å². The van der Waals surface area contributed by atoms with Gasteiger partial charge < -0.3 is 10.6 Å². The monoisotopic (exact) mass is 385 g/mol. The normalized spacial score (nSPS) is 11.8. The molecule has 0 bridgehead atoms. The van der Waals surface area contributed by atoms with Crippen LogP contribution < -0.4 is 10.6 Å². The Labute approximate surface area is 170 Å². The Morgan fingerprint density at radius 3 is 2.55 bits per heavy atom. The smallest absolute Gasteiger partial charge is 0.255 e. The van der Waals surface area contributed by atoms with Crippen LogP contribution in [0.4, 0.5) is 11.5 Å². The number of allylic oxidation sites excluding steroid dienone is 6. The topological polar surface area (TPSA) is 79.3 Å². The third kappa shape index (κ3) is 6.25. The molecule has 0 spiro atoms. The van der Waals surface area contributed by atoms with Crippen molar-refractivity contribution >= 4 is 29.2 Å². The fourth-order valence-corrected chi connectivity index (χ4v) is 2.42. The molecule has 2 rings (SSSR count). The quantitative estimate of drug-likeness (QED) is 0.469. The van der Waals surface area contributed by atoms with E-state index in [1.165, 1.54) is 0 Å². The largest absolute Gasteiger partial charge is 0.325 e. The minimum absolute atomic E-state index is 0.282. The molecule has 0 unspecified atom stereocenters. The van der Waals surface area contributed by atoms with Crippen molar-refractivity contribution in [2.75, 3.05) is 10.6 Å². The molecule has 0 saturated carbocycles. The molecule has 0 aliphatic heterocycles. The van der Waals surface area contributed by atoms with Gasteiger partial charge >= 0.3 is 0 Å². The first kappa shape index (κ1) is 21.2. The Morgan fingerprint density at radius 2 is 1.86 bits per heavy atom. The summed E-state index contributed by atoms with van der Waals surface area (Å²) in [6, 6.07) is 5.09. The molecule has 6 heteroatoms. The van der Waals surface area contributed by atoms with E-state index in [-0.39, 0.29) is 5.91 Å². The van der Waals surface area contributed by atoms with E-state index in [1.54, 1.807) is 68.2 Å². The van der Waals surface area contributed by atoms with Crippen LogP contribution in [0.2, 0.25) is 0 Å². The van der Waals surface area contributed by atoms with Crippen LogP contribution in [0.1, 0.15) is 22.8 Å². The standard InChI is InChI=1S/C23H23N5O/c1-5-9-17(7-3)19-13-20(16-24-15-19)27-23(29)18-11-12-26-22(14-18)28-21(10-6-2)25-8-4/h5-16H,1-3H2,4H3,(H,26,28)(H,27,29)/b17-9+,21-10+,25-8?. The zero-order valence-electron chi connectivity index (χ0n) is 16.3. The molecular formula is C23H23N5O. The number of carbonyl (C=O) groups is 1. The Kier molecular flexibility index (Phi) is 8.01. The maximum atomic E-state index is 12.7. The number of aromatic nitrogens is 2. The van der Waals surface area contributed by atoms with E-state index in [0.717, 1.165) is 11.1 Å². The summed E-state index contributed by atoms with van der Waals surface area (Å²) in [5, 5.41) is 5.89. The Balaban J connectivity index is 2.21. The van der Waals surface area contributed by atoms with Crippen LogP contribution in [0.15, 0.2) is 97.7 Å². The highest BCUT2D eigenvalue weighted by molar-refractivity contribution is 6.04. The number of hydrogen-bond acceptors (Lipinski definition) is 5. The molecule has 0 fully saturated rings. The van der Waals surface area contributed by atoms with Gasteiger partial charge in [0.25, 0.3) is 5.91 Å². The van der Waals surface area contributed by atoms with Gasteiger partial charge in [0.15, 0.2) is 0 Å². The summed E-state index contributed by atoms with van der Waals surface area (Å²) in [4.78, 5) is 25.3. The molecule has 0 radical (unpaired) electrons. The molecule has 29 heavy (non-hydrogen) atoms. The predicted octanol–water partition coefficient (Wildman–Crippen LogP) is 5.01. The van der Waals surface area contributed by atoms with E-state index in [1.807, 2.05) is 12.1 Å². The van der Waals surface area contributed by atoms with Crippen LogP contribution in [0.5, 0.6) is 0 Å². The third-order valence-corrected chi connectivity index (χ3v) is 3.67. The van der Waals surface area contributed by atoms with E-state index in [2.05, 4.69) is 45.3 Å². The average molecular weight is 385 g/mol. The van der Waals surface area contributed by atoms with Crippen molar-refractivity contribution in [3.8, 4) is 0 Å². The highest BCUT2D eigenvalue weighted by atomic mass is 16.1. The van der Waals surface area contributed by atoms with Gasteiger partial charge in [0.05, 0.1) is 11.9 Å². The zero-order valence-corrected chi connectivity index (χ0v) is 16.3. The summed E-state index contributed by atoms with van der Waals surface area (Å²) < 4.78 is 0. The fourth-order valence-electron chi connectivity index (χ4n) is 2.42. The van der Waals surface area contributed by atoms with Gasteiger partial charge in [-0.05, 0) is 36.8 Å². The second-order valence-corrected chi connectivity index (χ2v) is 5.71. The average Bonchev–Trinajstić information content (AvgIpc) is 2.73. The SMILES string of the molecule is C=C/C=C(\N=CC)Nc1cc(C(=O)Nc2cncc(/C(C=C)=C/C=C)c2)ccn1. The first-order valence-electron chi connectivity index (χ1n) is 8.87. The molecule has 0 atom stereocenters. The fraction of sp³-hybridized carbons (Fsp3) is 0.0435. The van der Waals surface area contributed by atoms with Gasteiger partial charge in [-0.3, -0.25) is 9.78 Å². The van der Waals surface area contributed by atoms with Crippen molar-refractivity contribution in [2.24, 2.45) is 4.99 Å². The lowest BCUT2D eigenvalue weighted by atomic mass is 10.1. The molecule has 0 aliphatic carbocycles. The van der Waals surface area contributed by atoms with Crippen LogP contribution in [-0.4, -0.2) is 22.1 Å². The van der Waals surface area contributed by atoms with E-state index >= 15 is 0 Å². The van der Waals surface area contributed by atoms with Crippen molar-refractivity contribution in [3.05, 3.63) is 104 Å². The number of aliphatic imine (C=N–C) groups is 1. The molecule has 0 aromatic carbocycles. The van der Waals surface area contributed by atoms with E-state index in [0.29, 0.717) is 22.9 Å². The molecule has 2 N–H and O–H groups in total. The minimum atomic E-state index is -0.282. The molecule has 2 aromatic rings. The molecule has 6 nitrogen and oxygen atoms in total. The molecule has 0 aliphatic rings. The first-order valence-corrected chi connectivity index (χ1v) is 8.87. The zero-order chi connectivity index (χ0) is 21.1. The lowest BCUT2D eigenvalue weighted by Gasteiger charge is -2.09. The summed E-state index contributed by atoms with van der Waals surface area (Å²) >= 11 is 0. The number of anilines is 2. The van der Waals surface area contributed by atoms with Crippen molar-refractivity contribution in [1.29, 1.82) is 0 Å². The number of carbonyl (C=O) groups excluding carboxylic acids is 1. The number of nitrogens with zero attached hydrogens (tertiary/aromatic N) is 3. The molecule has 2 aromatic heterocycles. The summed E-state index contributed by atoms with van der Waals surface area (Å²) in [6.07, 6.45) is 15.0. The van der Waals surface area contributed by atoms with Crippen molar-refractivity contribution in [2.45, 2.75) is 6.92 Å². The van der Waals surface area contributed by atoms with Gasteiger partial charge in [0.1, 0.15) is 11.6 Å². The number of rotatable bonds is 9. The molecule has 1 amide bonds. The van der Waals surface area contributed by atoms with Crippen LogP contribution in [0.25, 0.3) is 5.57 Å². The second-order valence-electron chi connectivity index (χ2n) is 5.71. The number of hydrogen-bond donors (Lipinski definition) is 2. The minimum Gasteiger partial charge on any atom is -0.325 e. The number of nitrogens with one attached hydrogen (secondary N) is 2. The Bertz CT molecular complexity index is 1000. The van der Waals surface area contributed by atoms with Gasteiger partial charge in [-0.1, -0.05) is 44.0 Å². The summed E-state index contributed by atoms with van der Waals surface area (Å²) in [5.74, 6) is 0.775. The Morgan fingerprint density at radius 1 is 1.07 bits per heavy atom. The van der Waals surface area contributed by atoms with Crippen molar-refractivity contribution in [3.63, 3.8) is 0 Å². The van der Waals surface area contributed by atoms with Gasteiger partial charge in [-0.2, -0.15) is 0 Å². The summed E-state index contributed by atoms with van der Waals surface area (Å²) in [7, 11) is 0. The summed E-state index contributed by atoms with van der Waals surface area (Å²) in [5.41, 5.74) is 2.69. The lowest BCUT2D eigenvalue weighted by Crippen LogP contribution is -2.13. The number of amides is 1. The highest BCUT2D eigenvalue weighted by Gasteiger charge is 2.09. The third-order valence-electron chi connectivity index (χ3n) is 3.67. The molecular weight excluding hydrogens is 362 g/mol. The molecule has 2 heterocycles. The van der Waals surface area contributed by atoms with E-state index in [9.17, 15) is 4.79 Å². The van der Waals surface area contributed by atoms with Crippen molar-refractivity contribution < 1.29 is 4.79 Å². The molecule has 146 valence electrons. The molecule has 0 saturated heterocycles. The Hall–Kier alpha value is -4.06. The summed E-state index contributed by atoms with van der Waals surface area (Å²) in [6.45, 7) is 12.9. The van der Waals surface area contributed by atoms with Crippen molar-refractivity contribution in [1.82, 2.24) is 9.97 Å². The predicted molar refractivity (Wildman–Crippen MR) is 121 cm³/mol. The lowest BCUT2D eigenvalue weighted by molar-refractivity contribution is 0.102. The highest BCUT2D eigenvalue weighted by Crippen LogP contribution is 2.19. The van der Waals surface area contributed by atoms with Gasteiger partial charge in [-0.25, -0.2) is 9.98 Å². The van der Waals surface area contributed by atoms with E-state index in [4.69, 9.17) is 0 Å². The second kappa shape index (κ2) is 10.9. The maximum Gasteiger partial charge on any atom is 0.255 e. The van der Waals surface area contributed by atoms with Crippen LogP contribution in [0, 0.1) is 0 Å². The van der Waals surface area contributed by atoms with Gasteiger partial charge in [-0.15, -0.1) is 0 Å². The van der Waals surface area contributed by atoms with Gasteiger partial charge in [0, 0.05) is 29.7 Å². The van der Waals surface area contributed by atoms with Gasteiger partial charge in [0.2, 0.25) is 0 Å². The maximum absolute atomic E-state index is 12.7. The first-order chi connectivity index (χ1) is 14.1. The van der Waals surface area contributed by atoms with Crippen LogP contribution >= 0.6 is 0 Å². The van der Waals surface area contributed by atoms with E-state index < -0.39 is 0 Å².